The molecule has 1 heterocycles. The molecular weight excluding hydrogens is 328 g/mol. The van der Waals surface area contributed by atoms with Crippen molar-refractivity contribution in [2.75, 3.05) is 18.0 Å². The highest BCUT2D eigenvalue weighted by Gasteiger charge is 2.32. The topological polar surface area (TPSA) is 38.5 Å². The summed E-state index contributed by atoms with van der Waals surface area (Å²) in [6.07, 6.45) is 2.16. The molecule has 1 aromatic rings. The Morgan fingerprint density at radius 1 is 1.48 bits per heavy atom. The van der Waals surface area contributed by atoms with Crippen molar-refractivity contribution < 1.29 is 4.74 Å². The third kappa shape index (κ3) is 4.44. The van der Waals surface area contributed by atoms with Crippen LogP contribution in [0.1, 0.15) is 39.7 Å². The summed E-state index contributed by atoms with van der Waals surface area (Å²) < 4.78 is 7.13. The number of halogens is 1. The molecular formula is C17H27BrN2O. The molecule has 0 bridgehead atoms. The number of hydrogen-bond acceptors (Lipinski definition) is 3. The van der Waals surface area contributed by atoms with Gasteiger partial charge >= 0.3 is 0 Å². The molecule has 2 N–H and O–H groups in total. The van der Waals surface area contributed by atoms with E-state index in [0.29, 0.717) is 0 Å². The molecule has 21 heavy (non-hydrogen) atoms. The lowest BCUT2D eigenvalue weighted by Gasteiger charge is -2.43. The predicted octanol–water partition coefficient (Wildman–Crippen LogP) is 3.73. The van der Waals surface area contributed by atoms with E-state index in [9.17, 15) is 0 Å². The Balaban J connectivity index is 2.30. The smallest absolute Gasteiger partial charge is 0.0805 e. The van der Waals surface area contributed by atoms with Crippen molar-refractivity contribution in [3.8, 4) is 0 Å². The molecule has 0 aliphatic carbocycles. The van der Waals surface area contributed by atoms with Gasteiger partial charge in [0.25, 0.3) is 0 Å². The Bertz CT molecular complexity index is 490. The minimum atomic E-state index is -0.121. The van der Waals surface area contributed by atoms with E-state index < -0.39 is 0 Å². The number of morpholine rings is 1. The summed E-state index contributed by atoms with van der Waals surface area (Å²) in [6.45, 7) is 10.4. The second-order valence-electron chi connectivity index (χ2n) is 6.71. The van der Waals surface area contributed by atoms with E-state index >= 15 is 0 Å². The third-order valence-electron chi connectivity index (χ3n) is 3.96. The second kappa shape index (κ2) is 6.67. The number of hydrogen-bond donors (Lipinski definition) is 1. The Morgan fingerprint density at radius 2 is 2.19 bits per heavy atom. The first-order valence-electron chi connectivity index (χ1n) is 7.77. The Hall–Kier alpha value is -0.580. The van der Waals surface area contributed by atoms with E-state index in [4.69, 9.17) is 10.5 Å². The van der Waals surface area contributed by atoms with Crippen molar-refractivity contribution in [1.29, 1.82) is 0 Å². The predicted molar refractivity (Wildman–Crippen MR) is 93.0 cm³/mol. The maximum Gasteiger partial charge on any atom is 0.0805 e. The molecule has 4 heteroatoms. The zero-order valence-electron chi connectivity index (χ0n) is 13.5. The van der Waals surface area contributed by atoms with Crippen molar-refractivity contribution in [3.05, 3.63) is 28.2 Å². The zero-order valence-corrected chi connectivity index (χ0v) is 15.1. The molecule has 2 atom stereocenters. The van der Waals surface area contributed by atoms with Crippen LogP contribution in [0.5, 0.6) is 0 Å². The monoisotopic (exact) mass is 354 g/mol. The summed E-state index contributed by atoms with van der Waals surface area (Å²) in [6, 6.07) is 6.74. The van der Waals surface area contributed by atoms with Gasteiger partial charge in [0, 0.05) is 29.3 Å². The lowest BCUT2D eigenvalue weighted by Crippen LogP contribution is -2.52. The molecule has 1 aliphatic rings. The quantitative estimate of drug-likeness (QED) is 0.894. The molecule has 118 valence electrons. The van der Waals surface area contributed by atoms with Crippen LogP contribution in [-0.2, 0) is 11.2 Å². The van der Waals surface area contributed by atoms with Crippen LogP contribution in [0.4, 0.5) is 5.69 Å². The first-order chi connectivity index (χ1) is 9.80. The summed E-state index contributed by atoms with van der Waals surface area (Å²) in [5, 5.41) is 0. The Labute approximate surface area is 137 Å². The van der Waals surface area contributed by atoms with Gasteiger partial charge in [0.05, 0.1) is 11.7 Å². The first kappa shape index (κ1) is 16.8. The molecule has 0 radical (unpaired) electrons. The minimum Gasteiger partial charge on any atom is -0.369 e. The molecule has 1 aromatic carbocycles. The van der Waals surface area contributed by atoms with Crippen LogP contribution in [-0.4, -0.2) is 30.8 Å². The SMILES string of the molecule is CCC(N)Cc1ccc(Br)cc1N1CC(C)OC(C)(C)C1. The van der Waals surface area contributed by atoms with Crippen LogP contribution < -0.4 is 10.6 Å². The summed E-state index contributed by atoms with van der Waals surface area (Å²) in [7, 11) is 0. The Morgan fingerprint density at radius 3 is 2.81 bits per heavy atom. The van der Waals surface area contributed by atoms with E-state index in [2.05, 4.69) is 66.7 Å². The van der Waals surface area contributed by atoms with Gasteiger partial charge in [0.1, 0.15) is 0 Å². The maximum absolute atomic E-state index is 6.17. The molecule has 1 saturated heterocycles. The van der Waals surface area contributed by atoms with Crippen LogP contribution >= 0.6 is 15.9 Å². The normalized spacial score (nSPS) is 23.1. The fourth-order valence-electron chi connectivity index (χ4n) is 3.07. The van der Waals surface area contributed by atoms with Gasteiger partial charge in [0.15, 0.2) is 0 Å². The average molecular weight is 355 g/mol. The van der Waals surface area contributed by atoms with Gasteiger partial charge in [-0.15, -0.1) is 0 Å². The van der Waals surface area contributed by atoms with Crippen LogP contribution in [0.2, 0.25) is 0 Å². The fraction of sp³-hybridized carbons (Fsp3) is 0.647. The third-order valence-corrected chi connectivity index (χ3v) is 4.46. The van der Waals surface area contributed by atoms with Crippen LogP contribution in [0.25, 0.3) is 0 Å². The first-order valence-corrected chi connectivity index (χ1v) is 8.57. The van der Waals surface area contributed by atoms with Gasteiger partial charge in [-0.2, -0.15) is 0 Å². The summed E-state index contributed by atoms with van der Waals surface area (Å²) in [4.78, 5) is 2.44. The van der Waals surface area contributed by atoms with Gasteiger partial charge in [-0.25, -0.2) is 0 Å². The molecule has 2 rings (SSSR count). The van der Waals surface area contributed by atoms with Crippen molar-refractivity contribution >= 4 is 21.6 Å². The summed E-state index contributed by atoms with van der Waals surface area (Å²) in [5.41, 5.74) is 8.67. The molecule has 3 nitrogen and oxygen atoms in total. The summed E-state index contributed by atoms with van der Waals surface area (Å²) in [5.74, 6) is 0. The van der Waals surface area contributed by atoms with Gasteiger partial charge in [-0.1, -0.05) is 28.9 Å². The van der Waals surface area contributed by atoms with E-state index in [1.165, 1.54) is 11.3 Å². The average Bonchev–Trinajstić information content (AvgIpc) is 2.38. The highest BCUT2D eigenvalue weighted by Crippen LogP contribution is 2.31. The standard InChI is InChI=1S/C17H27BrN2O/c1-5-15(19)8-13-6-7-14(18)9-16(13)20-10-12(2)21-17(3,4)11-20/h6-7,9,12,15H,5,8,10-11,19H2,1-4H3. The van der Waals surface area contributed by atoms with E-state index in [0.717, 1.165) is 30.4 Å². The molecule has 0 saturated carbocycles. The number of nitrogens with zero attached hydrogens (tertiary/aromatic N) is 1. The number of ether oxygens (including phenoxy) is 1. The molecule has 1 fully saturated rings. The van der Waals surface area contributed by atoms with E-state index in [1.54, 1.807) is 0 Å². The second-order valence-corrected chi connectivity index (χ2v) is 7.63. The van der Waals surface area contributed by atoms with Crippen molar-refractivity contribution in [2.45, 2.75) is 58.3 Å². The number of rotatable bonds is 4. The van der Waals surface area contributed by atoms with Crippen molar-refractivity contribution in [2.24, 2.45) is 5.73 Å². The lowest BCUT2D eigenvalue weighted by molar-refractivity contribution is -0.0750. The van der Waals surface area contributed by atoms with Crippen LogP contribution in [0.15, 0.2) is 22.7 Å². The van der Waals surface area contributed by atoms with Crippen molar-refractivity contribution in [1.82, 2.24) is 0 Å². The van der Waals surface area contributed by atoms with Gasteiger partial charge in [-0.05, 0) is 51.3 Å². The van der Waals surface area contributed by atoms with E-state index in [-0.39, 0.29) is 17.7 Å². The van der Waals surface area contributed by atoms with Gasteiger partial charge in [0.2, 0.25) is 0 Å². The molecule has 0 spiro atoms. The minimum absolute atomic E-state index is 0.121. The molecule has 2 unspecified atom stereocenters. The summed E-state index contributed by atoms with van der Waals surface area (Å²) >= 11 is 3.60. The van der Waals surface area contributed by atoms with Gasteiger partial charge in [-0.3, -0.25) is 0 Å². The fourth-order valence-corrected chi connectivity index (χ4v) is 3.42. The number of benzene rings is 1. The largest absolute Gasteiger partial charge is 0.369 e. The highest BCUT2D eigenvalue weighted by atomic mass is 79.9. The molecule has 0 aromatic heterocycles. The molecule has 1 aliphatic heterocycles. The van der Waals surface area contributed by atoms with Crippen LogP contribution in [0.3, 0.4) is 0 Å². The van der Waals surface area contributed by atoms with E-state index in [1.807, 2.05) is 0 Å². The molecule has 0 amide bonds. The number of nitrogens with two attached hydrogens (primary N) is 1. The van der Waals surface area contributed by atoms with Gasteiger partial charge < -0.3 is 15.4 Å². The lowest BCUT2D eigenvalue weighted by atomic mass is 9.99. The zero-order chi connectivity index (χ0) is 15.6. The van der Waals surface area contributed by atoms with Crippen LogP contribution in [0, 0.1) is 0 Å². The number of anilines is 1. The highest BCUT2D eigenvalue weighted by molar-refractivity contribution is 9.10. The maximum atomic E-state index is 6.17. The van der Waals surface area contributed by atoms with Crippen molar-refractivity contribution in [3.63, 3.8) is 0 Å². The Kier molecular flexibility index (Phi) is 5.33.